The number of benzene rings is 2. The van der Waals surface area contributed by atoms with E-state index in [0.717, 1.165) is 4.90 Å². The molecule has 1 heterocycles. The molecule has 0 atom stereocenters. The standard InChI is InChI=1S/C16H8Cl4N2O3/c17-7-1-2-13(12(20)3-7)21-14(23)6-22-15(24)8-4-10(18)11(19)5-9(8)16(22)25/h1-5H,6H2,(H,21,23). The normalized spacial score (nSPS) is 13.2. The molecule has 1 aliphatic rings. The van der Waals surface area contributed by atoms with E-state index in [2.05, 4.69) is 5.32 Å². The fourth-order valence-electron chi connectivity index (χ4n) is 2.35. The van der Waals surface area contributed by atoms with Crippen molar-refractivity contribution in [1.82, 2.24) is 4.90 Å². The van der Waals surface area contributed by atoms with Gasteiger partial charge in [0.1, 0.15) is 6.54 Å². The van der Waals surface area contributed by atoms with Crippen LogP contribution in [0.1, 0.15) is 20.7 Å². The van der Waals surface area contributed by atoms with Crippen molar-refractivity contribution in [3.8, 4) is 0 Å². The summed E-state index contributed by atoms with van der Waals surface area (Å²) in [5, 5.41) is 3.49. The van der Waals surface area contributed by atoms with Crippen molar-refractivity contribution in [3.63, 3.8) is 0 Å². The maximum Gasteiger partial charge on any atom is 0.262 e. The van der Waals surface area contributed by atoms with Crippen LogP contribution in [0.5, 0.6) is 0 Å². The van der Waals surface area contributed by atoms with Crippen LogP contribution < -0.4 is 5.32 Å². The van der Waals surface area contributed by atoms with Crippen molar-refractivity contribution in [3.05, 3.63) is 61.5 Å². The number of hydrogen-bond acceptors (Lipinski definition) is 3. The summed E-state index contributed by atoms with van der Waals surface area (Å²) in [6, 6.07) is 7.16. The number of fused-ring (bicyclic) bond motifs is 1. The predicted octanol–water partition coefficient (Wildman–Crippen LogP) is 4.53. The molecule has 0 radical (unpaired) electrons. The van der Waals surface area contributed by atoms with Crippen molar-refractivity contribution in [2.75, 3.05) is 11.9 Å². The highest BCUT2D eigenvalue weighted by molar-refractivity contribution is 6.43. The molecule has 2 aromatic rings. The summed E-state index contributed by atoms with van der Waals surface area (Å²) in [5.74, 6) is -1.82. The average molecular weight is 418 g/mol. The van der Waals surface area contributed by atoms with Gasteiger partial charge >= 0.3 is 0 Å². The Morgan fingerprint density at radius 1 is 0.880 bits per heavy atom. The molecule has 5 nitrogen and oxygen atoms in total. The summed E-state index contributed by atoms with van der Waals surface area (Å²) in [6.07, 6.45) is 0. The van der Waals surface area contributed by atoms with E-state index in [0.29, 0.717) is 10.7 Å². The van der Waals surface area contributed by atoms with Crippen LogP contribution in [-0.4, -0.2) is 29.2 Å². The molecule has 0 unspecified atom stereocenters. The minimum atomic E-state index is -0.615. The first kappa shape index (κ1) is 18.0. The maximum absolute atomic E-state index is 12.4. The van der Waals surface area contributed by atoms with E-state index in [9.17, 15) is 14.4 Å². The number of nitrogens with zero attached hydrogens (tertiary/aromatic N) is 1. The molecule has 0 aliphatic carbocycles. The largest absolute Gasteiger partial charge is 0.323 e. The van der Waals surface area contributed by atoms with Gasteiger partial charge in [0.25, 0.3) is 11.8 Å². The first-order valence-electron chi connectivity index (χ1n) is 6.88. The molecular formula is C16H8Cl4N2O3. The lowest BCUT2D eigenvalue weighted by atomic mass is 10.1. The zero-order chi connectivity index (χ0) is 18.3. The summed E-state index contributed by atoms with van der Waals surface area (Å²) in [6.45, 7) is -0.472. The van der Waals surface area contributed by atoms with E-state index in [1.165, 1.54) is 24.3 Å². The zero-order valence-corrected chi connectivity index (χ0v) is 15.3. The SMILES string of the molecule is O=C(CN1C(=O)c2cc(Cl)c(Cl)cc2C1=O)Nc1ccc(Cl)cc1Cl. The summed E-state index contributed by atoms with van der Waals surface area (Å²) >= 11 is 23.5. The van der Waals surface area contributed by atoms with Crippen LogP contribution >= 0.6 is 46.4 Å². The van der Waals surface area contributed by atoms with E-state index in [4.69, 9.17) is 46.4 Å². The van der Waals surface area contributed by atoms with E-state index in [1.807, 2.05) is 0 Å². The van der Waals surface area contributed by atoms with Gasteiger partial charge in [0.15, 0.2) is 0 Å². The van der Waals surface area contributed by atoms with Crippen molar-refractivity contribution in [2.45, 2.75) is 0 Å². The monoisotopic (exact) mass is 416 g/mol. The molecule has 3 rings (SSSR count). The molecule has 9 heteroatoms. The van der Waals surface area contributed by atoms with E-state index in [-0.39, 0.29) is 26.2 Å². The van der Waals surface area contributed by atoms with Crippen LogP contribution in [0, 0.1) is 0 Å². The number of halogens is 4. The average Bonchev–Trinajstić information content (AvgIpc) is 2.76. The van der Waals surface area contributed by atoms with Gasteiger partial charge in [-0.2, -0.15) is 0 Å². The number of amides is 3. The Bertz CT molecular complexity index is 889. The first-order valence-corrected chi connectivity index (χ1v) is 8.39. The lowest BCUT2D eigenvalue weighted by Crippen LogP contribution is -2.37. The van der Waals surface area contributed by atoms with Crippen molar-refractivity contribution >= 4 is 69.8 Å². The molecule has 0 aromatic heterocycles. The molecule has 0 saturated carbocycles. The van der Waals surface area contributed by atoms with Gasteiger partial charge in [-0.3, -0.25) is 19.3 Å². The summed E-state index contributed by atoms with van der Waals surface area (Å²) < 4.78 is 0. The van der Waals surface area contributed by atoms with Gasteiger partial charge in [0.2, 0.25) is 5.91 Å². The second-order valence-electron chi connectivity index (χ2n) is 5.18. The molecule has 128 valence electrons. The molecular weight excluding hydrogens is 410 g/mol. The van der Waals surface area contributed by atoms with Crippen LogP contribution in [-0.2, 0) is 4.79 Å². The summed E-state index contributed by atoms with van der Waals surface area (Å²) in [4.78, 5) is 37.7. The van der Waals surface area contributed by atoms with Gasteiger partial charge < -0.3 is 5.32 Å². The second kappa shape index (κ2) is 6.84. The second-order valence-corrected chi connectivity index (χ2v) is 6.84. The smallest absolute Gasteiger partial charge is 0.262 e. The summed E-state index contributed by atoms with van der Waals surface area (Å²) in [7, 11) is 0. The van der Waals surface area contributed by atoms with Gasteiger partial charge in [-0.1, -0.05) is 46.4 Å². The number of carbonyl (C=O) groups is 3. The number of anilines is 1. The van der Waals surface area contributed by atoms with Crippen LogP contribution in [0.3, 0.4) is 0 Å². The Labute approximate surface area is 162 Å². The lowest BCUT2D eigenvalue weighted by Gasteiger charge is -2.14. The highest BCUT2D eigenvalue weighted by atomic mass is 35.5. The lowest BCUT2D eigenvalue weighted by molar-refractivity contribution is -0.116. The molecule has 0 bridgehead atoms. The number of carbonyl (C=O) groups excluding carboxylic acids is 3. The Kier molecular flexibility index (Phi) is 4.93. The minimum Gasteiger partial charge on any atom is -0.323 e. The van der Waals surface area contributed by atoms with E-state index < -0.39 is 24.3 Å². The molecule has 3 amide bonds. The first-order chi connectivity index (χ1) is 11.8. The third kappa shape index (κ3) is 3.46. The topological polar surface area (TPSA) is 66.5 Å². The third-order valence-corrected chi connectivity index (χ3v) is 4.79. The Morgan fingerprint density at radius 3 is 1.96 bits per heavy atom. The Balaban J connectivity index is 1.78. The molecule has 2 aromatic carbocycles. The van der Waals surface area contributed by atoms with Crippen molar-refractivity contribution < 1.29 is 14.4 Å². The molecule has 0 fully saturated rings. The Hall–Kier alpha value is -1.79. The Morgan fingerprint density at radius 2 is 1.44 bits per heavy atom. The highest BCUT2D eigenvalue weighted by Gasteiger charge is 2.37. The minimum absolute atomic E-state index is 0.108. The van der Waals surface area contributed by atoms with Crippen LogP contribution in [0.25, 0.3) is 0 Å². The number of rotatable bonds is 3. The van der Waals surface area contributed by atoms with Crippen LogP contribution in [0.2, 0.25) is 20.1 Å². The maximum atomic E-state index is 12.4. The van der Waals surface area contributed by atoms with Crippen LogP contribution in [0.15, 0.2) is 30.3 Å². The molecule has 0 spiro atoms. The van der Waals surface area contributed by atoms with Gasteiger partial charge in [-0.25, -0.2) is 0 Å². The predicted molar refractivity (Wildman–Crippen MR) is 96.9 cm³/mol. The van der Waals surface area contributed by atoms with Gasteiger partial charge in [-0.05, 0) is 30.3 Å². The fourth-order valence-corrected chi connectivity index (χ4v) is 3.13. The van der Waals surface area contributed by atoms with Gasteiger partial charge in [-0.15, -0.1) is 0 Å². The van der Waals surface area contributed by atoms with E-state index in [1.54, 1.807) is 6.07 Å². The zero-order valence-electron chi connectivity index (χ0n) is 12.3. The number of imide groups is 1. The van der Waals surface area contributed by atoms with Gasteiger partial charge in [0.05, 0.1) is 31.9 Å². The van der Waals surface area contributed by atoms with Crippen molar-refractivity contribution in [1.29, 1.82) is 0 Å². The van der Waals surface area contributed by atoms with E-state index >= 15 is 0 Å². The molecule has 1 N–H and O–H groups in total. The van der Waals surface area contributed by atoms with Crippen molar-refractivity contribution in [2.24, 2.45) is 0 Å². The molecule has 0 saturated heterocycles. The summed E-state index contributed by atoms with van der Waals surface area (Å²) in [5.41, 5.74) is 0.534. The highest BCUT2D eigenvalue weighted by Crippen LogP contribution is 2.31. The number of hydrogen-bond donors (Lipinski definition) is 1. The third-order valence-electron chi connectivity index (χ3n) is 3.52. The van der Waals surface area contributed by atoms with Gasteiger partial charge in [0, 0.05) is 5.02 Å². The quantitative estimate of drug-likeness (QED) is 0.745. The number of nitrogens with one attached hydrogen (secondary N) is 1. The molecule has 1 aliphatic heterocycles. The van der Waals surface area contributed by atoms with Crippen LogP contribution in [0.4, 0.5) is 5.69 Å². The molecule has 25 heavy (non-hydrogen) atoms. The fraction of sp³-hybridized carbons (Fsp3) is 0.0625.